The van der Waals surface area contributed by atoms with Gasteiger partial charge in [0.25, 0.3) is 5.91 Å². The number of rotatable bonds is 5. The van der Waals surface area contributed by atoms with E-state index in [-0.39, 0.29) is 12.5 Å². The Morgan fingerprint density at radius 1 is 1.07 bits per heavy atom. The normalized spacial score (nSPS) is 16.6. The molecule has 2 aliphatic rings. The average molecular weight is 415 g/mol. The van der Waals surface area contributed by atoms with E-state index in [2.05, 4.69) is 10.2 Å². The number of benzene rings is 1. The molecule has 6 nitrogen and oxygen atoms in total. The standard InChI is InChI=1S/C22H26N2O4S/c25-21(23-17-6-8-18(9-7-17)24-10-12-27-13-11-24)15-28-22(26)20-14-16-4-2-1-3-5-19(16)29-20/h6-9,14H,1-5,10-13,15H2,(H,23,25). The zero-order valence-corrected chi connectivity index (χ0v) is 17.3. The number of carbonyl (C=O) groups is 2. The Balaban J connectivity index is 1.27. The van der Waals surface area contributed by atoms with Crippen molar-refractivity contribution in [1.82, 2.24) is 0 Å². The predicted molar refractivity (Wildman–Crippen MR) is 114 cm³/mol. The van der Waals surface area contributed by atoms with Gasteiger partial charge in [-0.15, -0.1) is 11.3 Å². The molecule has 0 saturated carbocycles. The molecule has 154 valence electrons. The van der Waals surface area contributed by atoms with Crippen LogP contribution in [0.4, 0.5) is 11.4 Å². The minimum absolute atomic E-state index is 0.285. The molecule has 1 aliphatic heterocycles. The van der Waals surface area contributed by atoms with Crippen molar-refractivity contribution in [3.8, 4) is 0 Å². The molecule has 4 rings (SSSR count). The van der Waals surface area contributed by atoms with Crippen LogP contribution in [-0.2, 0) is 27.1 Å². The van der Waals surface area contributed by atoms with Crippen LogP contribution in [0.15, 0.2) is 30.3 Å². The van der Waals surface area contributed by atoms with E-state index in [4.69, 9.17) is 9.47 Å². The fourth-order valence-corrected chi connectivity index (χ4v) is 4.89. The molecule has 1 saturated heterocycles. The Kier molecular flexibility index (Phi) is 6.46. The maximum absolute atomic E-state index is 12.3. The first-order chi connectivity index (χ1) is 14.2. The Morgan fingerprint density at radius 2 is 1.83 bits per heavy atom. The smallest absolute Gasteiger partial charge is 0.348 e. The third-order valence-corrected chi connectivity index (χ3v) is 6.53. The zero-order chi connectivity index (χ0) is 20.1. The number of esters is 1. The predicted octanol–water partition coefficient (Wildman–Crippen LogP) is 3.65. The highest BCUT2D eigenvalue weighted by atomic mass is 32.1. The molecule has 1 aromatic carbocycles. The molecule has 0 spiro atoms. The molecule has 0 unspecified atom stereocenters. The summed E-state index contributed by atoms with van der Waals surface area (Å²) in [4.78, 5) is 28.6. The van der Waals surface area contributed by atoms with Crippen molar-refractivity contribution < 1.29 is 19.1 Å². The molecule has 2 aromatic rings. The second-order valence-electron chi connectivity index (χ2n) is 7.39. The number of morpholine rings is 1. The molecule has 2 heterocycles. The van der Waals surface area contributed by atoms with Crippen LogP contribution in [0.2, 0.25) is 0 Å². The van der Waals surface area contributed by atoms with Gasteiger partial charge < -0.3 is 19.7 Å². The van der Waals surface area contributed by atoms with Crippen molar-refractivity contribution in [2.75, 3.05) is 43.1 Å². The van der Waals surface area contributed by atoms with Gasteiger partial charge in [-0.25, -0.2) is 4.79 Å². The molecule has 7 heteroatoms. The Labute approximate surface area is 174 Å². The van der Waals surface area contributed by atoms with Crippen LogP contribution < -0.4 is 10.2 Å². The molecule has 1 amide bonds. The molecule has 1 aromatic heterocycles. The van der Waals surface area contributed by atoms with Crippen LogP contribution >= 0.6 is 11.3 Å². The average Bonchev–Trinajstić information content (AvgIpc) is 3.04. The maximum Gasteiger partial charge on any atom is 0.348 e. The number of anilines is 2. The van der Waals surface area contributed by atoms with Crippen LogP contribution in [0.3, 0.4) is 0 Å². The number of hydrogen-bond acceptors (Lipinski definition) is 6. The third kappa shape index (κ3) is 5.16. The van der Waals surface area contributed by atoms with Gasteiger partial charge in [0.2, 0.25) is 0 Å². The Bertz CT molecular complexity index is 833. The van der Waals surface area contributed by atoms with E-state index in [9.17, 15) is 9.59 Å². The SMILES string of the molecule is O=C(COC(=O)c1cc2c(s1)CCCCC2)Nc1ccc(N2CCOCC2)cc1. The summed E-state index contributed by atoms with van der Waals surface area (Å²) in [5.74, 6) is -0.753. The van der Waals surface area contributed by atoms with Crippen molar-refractivity contribution in [1.29, 1.82) is 0 Å². The lowest BCUT2D eigenvalue weighted by molar-refractivity contribution is -0.119. The van der Waals surface area contributed by atoms with Gasteiger partial charge in [0.1, 0.15) is 4.88 Å². The van der Waals surface area contributed by atoms with Crippen LogP contribution in [-0.4, -0.2) is 44.8 Å². The highest BCUT2D eigenvalue weighted by molar-refractivity contribution is 7.14. The Hall–Kier alpha value is -2.38. The van der Waals surface area contributed by atoms with E-state index in [0.29, 0.717) is 10.6 Å². The number of aryl methyl sites for hydroxylation is 2. The van der Waals surface area contributed by atoms with Crippen molar-refractivity contribution >= 4 is 34.6 Å². The van der Waals surface area contributed by atoms with Crippen molar-refractivity contribution in [3.05, 3.63) is 45.6 Å². The lowest BCUT2D eigenvalue weighted by Crippen LogP contribution is -2.36. The highest BCUT2D eigenvalue weighted by Gasteiger charge is 2.18. The molecule has 0 atom stereocenters. The first kappa shape index (κ1) is 19.9. The van der Waals surface area contributed by atoms with Crippen LogP contribution in [0.5, 0.6) is 0 Å². The van der Waals surface area contributed by atoms with Gasteiger partial charge in [0.15, 0.2) is 6.61 Å². The molecular formula is C22H26N2O4S. The molecule has 29 heavy (non-hydrogen) atoms. The van der Waals surface area contributed by atoms with E-state index in [1.54, 1.807) is 0 Å². The van der Waals surface area contributed by atoms with Gasteiger partial charge >= 0.3 is 5.97 Å². The van der Waals surface area contributed by atoms with Gasteiger partial charge in [-0.3, -0.25) is 4.79 Å². The van der Waals surface area contributed by atoms with E-state index < -0.39 is 5.97 Å². The van der Waals surface area contributed by atoms with E-state index >= 15 is 0 Å². The number of thiophene rings is 1. The number of amides is 1. The molecular weight excluding hydrogens is 388 g/mol. The molecule has 1 fully saturated rings. The van der Waals surface area contributed by atoms with Gasteiger partial charge in [-0.05, 0) is 61.6 Å². The lowest BCUT2D eigenvalue weighted by atomic mass is 10.1. The second-order valence-corrected chi connectivity index (χ2v) is 8.53. The fourth-order valence-electron chi connectivity index (χ4n) is 3.74. The number of ether oxygens (including phenoxy) is 2. The van der Waals surface area contributed by atoms with Crippen LogP contribution in [0.1, 0.15) is 39.4 Å². The number of nitrogens with one attached hydrogen (secondary N) is 1. The summed E-state index contributed by atoms with van der Waals surface area (Å²) in [7, 11) is 0. The number of fused-ring (bicyclic) bond motifs is 1. The number of carbonyl (C=O) groups excluding carboxylic acids is 2. The summed E-state index contributed by atoms with van der Waals surface area (Å²) < 4.78 is 10.6. The largest absolute Gasteiger partial charge is 0.451 e. The lowest BCUT2D eigenvalue weighted by Gasteiger charge is -2.28. The summed E-state index contributed by atoms with van der Waals surface area (Å²) in [6, 6.07) is 9.62. The fraction of sp³-hybridized carbons (Fsp3) is 0.455. The summed E-state index contributed by atoms with van der Waals surface area (Å²) in [6.45, 7) is 2.92. The highest BCUT2D eigenvalue weighted by Crippen LogP contribution is 2.29. The Morgan fingerprint density at radius 3 is 2.62 bits per heavy atom. The van der Waals surface area contributed by atoms with Gasteiger partial charge in [-0.2, -0.15) is 0 Å². The second kappa shape index (κ2) is 9.41. The molecule has 1 aliphatic carbocycles. The van der Waals surface area contributed by atoms with Crippen molar-refractivity contribution in [3.63, 3.8) is 0 Å². The maximum atomic E-state index is 12.3. The molecule has 1 N–H and O–H groups in total. The summed E-state index contributed by atoms with van der Waals surface area (Å²) in [5, 5.41) is 2.78. The van der Waals surface area contributed by atoms with E-state index in [1.165, 1.54) is 41.0 Å². The summed E-state index contributed by atoms with van der Waals surface area (Å²) >= 11 is 1.51. The number of hydrogen-bond donors (Lipinski definition) is 1. The minimum atomic E-state index is -0.416. The molecule has 0 radical (unpaired) electrons. The monoisotopic (exact) mass is 414 g/mol. The summed E-state index contributed by atoms with van der Waals surface area (Å²) in [6.07, 6.45) is 5.66. The molecule has 0 bridgehead atoms. The minimum Gasteiger partial charge on any atom is -0.451 e. The van der Waals surface area contributed by atoms with Gasteiger partial charge in [-0.1, -0.05) is 6.42 Å². The summed E-state index contributed by atoms with van der Waals surface area (Å²) in [5.41, 5.74) is 3.06. The number of nitrogens with zero attached hydrogens (tertiary/aromatic N) is 1. The van der Waals surface area contributed by atoms with Crippen LogP contribution in [0, 0.1) is 0 Å². The first-order valence-electron chi connectivity index (χ1n) is 10.2. The zero-order valence-electron chi connectivity index (χ0n) is 16.4. The van der Waals surface area contributed by atoms with E-state index in [0.717, 1.165) is 44.8 Å². The van der Waals surface area contributed by atoms with Crippen LogP contribution in [0.25, 0.3) is 0 Å². The first-order valence-corrected chi connectivity index (χ1v) is 11.0. The van der Waals surface area contributed by atoms with E-state index in [1.807, 2.05) is 30.3 Å². The van der Waals surface area contributed by atoms with Crippen molar-refractivity contribution in [2.45, 2.75) is 32.1 Å². The van der Waals surface area contributed by atoms with Crippen molar-refractivity contribution in [2.24, 2.45) is 0 Å². The topological polar surface area (TPSA) is 67.9 Å². The van der Waals surface area contributed by atoms with Gasteiger partial charge in [0, 0.05) is 29.3 Å². The quantitative estimate of drug-likeness (QED) is 0.598. The van der Waals surface area contributed by atoms with Gasteiger partial charge in [0.05, 0.1) is 13.2 Å². The third-order valence-electron chi connectivity index (χ3n) is 5.31.